The first kappa shape index (κ1) is 43.2. The summed E-state index contributed by atoms with van der Waals surface area (Å²) in [5, 5.41) is 3.39. The molecule has 0 amide bonds. The molecule has 0 aliphatic carbocycles. The minimum Gasteiger partial charge on any atom is -0.497 e. The highest BCUT2D eigenvalue weighted by molar-refractivity contribution is 5.84. The largest absolute Gasteiger partial charge is 0.497 e. The first-order valence-electron chi connectivity index (χ1n) is 20.3. The van der Waals surface area contributed by atoms with E-state index in [1.807, 2.05) is 24.3 Å². The number of hydrogen-bond acceptors (Lipinski definition) is 5. The fourth-order valence-electron chi connectivity index (χ4n) is 6.98. The second-order valence-corrected chi connectivity index (χ2v) is 13.9. The van der Waals surface area contributed by atoms with E-state index in [1.165, 1.54) is 55.7 Å². The third-order valence-corrected chi connectivity index (χ3v) is 10.0. The third kappa shape index (κ3) is 13.1. The molecule has 0 unspecified atom stereocenters. The summed E-state index contributed by atoms with van der Waals surface area (Å²) in [5.74, 6) is 1.76. The zero-order valence-corrected chi connectivity index (χ0v) is 34.9. The summed E-state index contributed by atoms with van der Waals surface area (Å²) in [6.07, 6.45) is 3.86. The van der Waals surface area contributed by atoms with Gasteiger partial charge in [0.15, 0.2) is 0 Å². The first-order chi connectivity index (χ1) is 28.6. The summed E-state index contributed by atoms with van der Waals surface area (Å²) in [4.78, 5) is 0. The minimum atomic E-state index is 0.561. The molecule has 6 rings (SSSR count). The average molecular weight is 774 g/mol. The number of allylic oxidation sites excluding steroid dienone is 2. The van der Waals surface area contributed by atoms with Gasteiger partial charge in [-0.15, -0.1) is 0 Å². The topological polar surface area (TPSA) is 49.0 Å². The van der Waals surface area contributed by atoms with E-state index in [2.05, 4.69) is 159 Å². The molecule has 0 atom stereocenters. The van der Waals surface area contributed by atoms with Crippen LogP contribution in [0, 0.1) is 0 Å². The van der Waals surface area contributed by atoms with Gasteiger partial charge in [-0.2, -0.15) is 0 Å². The zero-order valence-electron chi connectivity index (χ0n) is 34.9. The Morgan fingerprint density at radius 3 is 1.33 bits per heavy atom. The number of nitrogens with one attached hydrogen (secondary N) is 1. The van der Waals surface area contributed by atoms with Crippen LogP contribution >= 0.6 is 0 Å². The van der Waals surface area contributed by atoms with Gasteiger partial charge in [-0.25, -0.2) is 0 Å². The van der Waals surface area contributed by atoms with Crippen LogP contribution in [0.1, 0.15) is 60.1 Å². The molecular formula is C53H59NO4. The summed E-state index contributed by atoms with van der Waals surface area (Å²) in [6.45, 7) is 7.12. The molecule has 5 nitrogen and oxygen atoms in total. The molecular weight excluding hydrogens is 715 g/mol. The molecule has 0 radical (unpaired) electrons. The number of anilines is 1. The zero-order chi connectivity index (χ0) is 40.8. The van der Waals surface area contributed by atoms with Crippen LogP contribution in [0.25, 0.3) is 11.1 Å². The number of ether oxygens (including phenoxy) is 4. The van der Waals surface area contributed by atoms with Crippen molar-refractivity contribution in [3.05, 3.63) is 208 Å². The maximum Gasteiger partial charge on any atom is 0.119 e. The van der Waals surface area contributed by atoms with Gasteiger partial charge in [0.25, 0.3) is 0 Å². The lowest BCUT2D eigenvalue weighted by molar-refractivity contribution is 0.146. The van der Waals surface area contributed by atoms with Gasteiger partial charge >= 0.3 is 0 Å². The van der Waals surface area contributed by atoms with Gasteiger partial charge in [0.05, 0.1) is 20.3 Å². The Balaban J connectivity index is 0.000000221. The predicted octanol–water partition coefficient (Wildman–Crippen LogP) is 12.4. The maximum absolute atomic E-state index is 5.73. The molecule has 6 aromatic rings. The summed E-state index contributed by atoms with van der Waals surface area (Å²) < 4.78 is 21.2. The van der Waals surface area contributed by atoms with Crippen molar-refractivity contribution in [1.82, 2.24) is 0 Å². The fraction of sp³-hybridized carbons (Fsp3) is 0.245. The Kier molecular flexibility index (Phi) is 17.9. The molecule has 5 heteroatoms. The van der Waals surface area contributed by atoms with E-state index in [4.69, 9.17) is 18.9 Å². The van der Waals surface area contributed by atoms with Gasteiger partial charge in [0.1, 0.15) is 18.1 Å². The Hall–Kier alpha value is -5.88. The predicted molar refractivity (Wildman–Crippen MR) is 243 cm³/mol. The highest BCUT2D eigenvalue weighted by atomic mass is 16.5. The lowest BCUT2D eigenvalue weighted by Gasteiger charge is -2.17. The Morgan fingerprint density at radius 1 is 0.431 bits per heavy atom. The summed E-state index contributed by atoms with van der Waals surface area (Å²) in [6, 6.07) is 57.5. The minimum absolute atomic E-state index is 0.561. The van der Waals surface area contributed by atoms with Crippen LogP contribution in [0.15, 0.2) is 175 Å². The summed E-state index contributed by atoms with van der Waals surface area (Å²) in [5.41, 5.74) is 14.2. The molecule has 0 aliphatic heterocycles. The molecule has 0 spiro atoms. The summed E-state index contributed by atoms with van der Waals surface area (Å²) in [7, 11) is 5.10. The number of benzene rings is 6. The molecule has 58 heavy (non-hydrogen) atoms. The molecule has 0 aliphatic rings. The van der Waals surface area contributed by atoms with E-state index in [-0.39, 0.29) is 0 Å². The molecule has 0 aromatic heterocycles. The third-order valence-electron chi connectivity index (χ3n) is 10.0. The highest BCUT2D eigenvalue weighted by Gasteiger charge is 2.14. The molecule has 6 aromatic carbocycles. The van der Waals surface area contributed by atoms with Gasteiger partial charge in [-0.1, -0.05) is 152 Å². The molecule has 1 N–H and O–H groups in total. The molecule has 0 bridgehead atoms. The van der Waals surface area contributed by atoms with E-state index in [9.17, 15) is 0 Å². The fourth-order valence-corrected chi connectivity index (χ4v) is 6.98. The van der Waals surface area contributed by atoms with Crippen molar-refractivity contribution in [3.63, 3.8) is 0 Å². The molecule has 0 saturated heterocycles. The van der Waals surface area contributed by atoms with Crippen LogP contribution in [0.4, 0.5) is 5.69 Å². The molecule has 0 saturated carbocycles. The smallest absolute Gasteiger partial charge is 0.119 e. The standard InChI is InChI=1S/C27H31NO2.C26H28O2/c1-4-22(20-21-10-16-26(30-3)17-11-21)27(23-8-6-5-7-9-23)24-12-14-25(15-13-24)28-18-19-29-2;1-3-22(20-21-10-6-4-7-11-21)26(23-12-8-5-9-13-23)24-14-16-25(17-15-24)28-19-18-27-2/h5-17,28H,4,18-20H2,1-3H3;4-17H,3,18-20H2,1-2H3/b27-22-;26-22-. The first-order valence-corrected chi connectivity index (χ1v) is 20.3. The van der Waals surface area contributed by atoms with Crippen molar-refractivity contribution in [2.24, 2.45) is 0 Å². The average Bonchev–Trinajstić information content (AvgIpc) is 3.28. The van der Waals surface area contributed by atoms with Crippen molar-refractivity contribution in [2.75, 3.05) is 53.0 Å². The Morgan fingerprint density at radius 2 is 0.862 bits per heavy atom. The lowest BCUT2D eigenvalue weighted by atomic mass is 9.88. The normalized spacial score (nSPS) is 11.7. The van der Waals surface area contributed by atoms with Crippen LogP contribution in [-0.2, 0) is 22.3 Å². The number of methoxy groups -OCH3 is 3. The van der Waals surface area contributed by atoms with Crippen molar-refractivity contribution in [3.8, 4) is 11.5 Å². The van der Waals surface area contributed by atoms with Gasteiger partial charge in [-0.3, -0.25) is 0 Å². The van der Waals surface area contributed by atoms with E-state index in [0.29, 0.717) is 19.8 Å². The quantitative estimate of drug-likeness (QED) is 0.0831. The van der Waals surface area contributed by atoms with E-state index in [1.54, 1.807) is 21.3 Å². The van der Waals surface area contributed by atoms with Crippen LogP contribution in [0.3, 0.4) is 0 Å². The molecule has 300 valence electrons. The Labute approximate surface area is 347 Å². The lowest BCUT2D eigenvalue weighted by Crippen LogP contribution is -2.07. The van der Waals surface area contributed by atoms with Gasteiger partial charge in [0.2, 0.25) is 0 Å². The van der Waals surface area contributed by atoms with E-state index in [0.717, 1.165) is 49.4 Å². The van der Waals surface area contributed by atoms with Gasteiger partial charge in [-0.05, 0) is 107 Å². The molecule has 0 fully saturated rings. The van der Waals surface area contributed by atoms with Gasteiger partial charge in [0, 0.05) is 26.5 Å². The number of rotatable bonds is 19. The monoisotopic (exact) mass is 773 g/mol. The molecule has 0 heterocycles. The van der Waals surface area contributed by atoms with Crippen molar-refractivity contribution in [2.45, 2.75) is 39.5 Å². The second kappa shape index (κ2) is 24.0. The highest BCUT2D eigenvalue weighted by Crippen LogP contribution is 2.33. The van der Waals surface area contributed by atoms with E-state index >= 15 is 0 Å². The Bertz CT molecular complexity index is 2110. The van der Waals surface area contributed by atoms with Crippen molar-refractivity contribution >= 4 is 16.8 Å². The van der Waals surface area contributed by atoms with Crippen LogP contribution in [-0.4, -0.2) is 47.7 Å². The van der Waals surface area contributed by atoms with Gasteiger partial charge < -0.3 is 24.3 Å². The second-order valence-electron chi connectivity index (χ2n) is 13.9. The maximum atomic E-state index is 5.73. The SMILES string of the molecule is CC/C(Cc1ccc(OC)cc1)=C(\c1ccccc1)c1ccc(NCCOC)cc1.CC/C(Cc1ccccc1)=C(\c1ccccc1)c1ccc(OCCOC)cc1. The van der Waals surface area contributed by atoms with Crippen LogP contribution in [0.5, 0.6) is 11.5 Å². The van der Waals surface area contributed by atoms with Crippen LogP contribution in [0.2, 0.25) is 0 Å². The van der Waals surface area contributed by atoms with Crippen molar-refractivity contribution < 1.29 is 18.9 Å². The van der Waals surface area contributed by atoms with Crippen LogP contribution < -0.4 is 14.8 Å². The van der Waals surface area contributed by atoms with E-state index < -0.39 is 0 Å². The number of hydrogen-bond donors (Lipinski definition) is 1. The van der Waals surface area contributed by atoms with Crippen molar-refractivity contribution in [1.29, 1.82) is 0 Å². The summed E-state index contributed by atoms with van der Waals surface area (Å²) >= 11 is 0.